The first kappa shape index (κ1) is 10.2. The van der Waals surface area contributed by atoms with Crippen LogP contribution in [0.3, 0.4) is 0 Å². The normalized spacial score (nSPS) is 12.0. The molecule has 0 fully saturated rings. The van der Waals surface area contributed by atoms with Gasteiger partial charge in [-0.25, -0.2) is 8.42 Å². The maximum absolute atomic E-state index is 11.2. The molecule has 0 aliphatic rings. The quantitative estimate of drug-likeness (QED) is 0.727. The Morgan fingerprint density at radius 1 is 1.38 bits per heavy atom. The van der Waals surface area contributed by atoms with E-state index in [1.165, 1.54) is 18.5 Å². The molecule has 0 aromatic carbocycles. The van der Waals surface area contributed by atoms with Crippen molar-refractivity contribution in [3.63, 3.8) is 0 Å². The van der Waals surface area contributed by atoms with Gasteiger partial charge in [0.05, 0.1) is 4.90 Å². The molecule has 0 atom stereocenters. The highest BCUT2D eigenvalue weighted by atomic mass is 32.2. The molecule has 0 saturated carbocycles. The highest BCUT2D eigenvalue weighted by Crippen LogP contribution is 2.15. The first-order chi connectivity index (χ1) is 5.91. The van der Waals surface area contributed by atoms with E-state index in [0.717, 1.165) is 5.69 Å². The molecule has 1 rings (SSSR count). The topological polar surface area (TPSA) is 47.0 Å². The van der Waals surface area contributed by atoms with Crippen LogP contribution in [0.5, 0.6) is 0 Å². The summed E-state index contributed by atoms with van der Waals surface area (Å²) in [5, 5.41) is 0. The van der Waals surface area contributed by atoms with Crippen molar-refractivity contribution in [3.8, 4) is 0 Å². The highest BCUT2D eigenvalue weighted by Gasteiger charge is 2.09. The monoisotopic (exact) mass is 199 g/mol. The van der Waals surface area contributed by atoms with Gasteiger partial charge in [-0.2, -0.15) is 0 Å². The van der Waals surface area contributed by atoms with Crippen LogP contribution in [0.2, 0.25) is 0 Å². The number of rotatable bonds is 2. The van der Waals surface area contributed by atoms with Crippen LogP contribution in [0.4, 0.5) is 0 Å². The standard InChI is InChI=1S/C9H13NO2S/c1-7(2)9-6-8(4-5-10-9)13(3,11)12/h4-7H,1-3H3. The molecule has 1 aromatic heterocycles. The van der Waals surface area contributed by atoms with Gasteiger partial charge in [-0.15, -0.1) is 0 Å². The van der Waals surface area contributed by atoms with Gasteiger partial charge in [0.15, 0.2) is 9.84 Å². The van der Waals surface area contributed by atoms with Gasteiger partial charge >= 0.3 is 0 Å². The summed E-state index contributed by atoms with van der Waals surface area (Å²) in [5.41, 5.74) is 0.808. The predicted octanol–water partition coefficient (Wildman–Crippen LogP) is 1.61. The predicted molar refractivity (Wildman–Crippen MR) is 51.4 cm³/mol. The van der Waals surface area contributed by atoms with Crippen LogP contribution in [-0.4, -0.2) is 19.7 Å². The molecular formula is C9H13NO2S. The van der Waals surface area contributed by atoms with Crippen molar-refractivity contribution in [1.82, 2.24) is 4.98 Å². The molecule has 0 aliphatic heterocycles. The molecule has 0 amide bonds. The molecule has 0 spiro atoms. The number of hydrogen-bond donors (Lipinski definition) is 0. The summed E-state index contributed by atoms with van der Waals surface area (Å²) in [7, 11) is -3.10. The molecule has 0 radical (unpaired) electrons. The second-order valence-corrected chi connectivity index (χ2v) is 5.36. The first-order valence-electron chi connectivity index (χ1n) is 4.07. The van der Waals surface area contributed by atoms with Crippen LogP contribution in [0.1, 0.15) is 25.5 Å². The molecule has 1 heterocycles. The molecule has 1 aromatic rings. The summed E-state index contributed by atoms with van der Waals surface area (Å²) < 4.78 is 22.4. The van der Waals surface area contributed by atoms with E-state index in [4.69, 9.17) is 0 Å². The van der Waals surface area contributed by atoms with Crippen molar-refractivity contribution in [2.45, 2.75) is 24.7 Å². The zero-order valence-corrected chi connectivity index (χ0v) is 8.80. The lowest BCUT2D eigenvalue weighted by molar-refractivity contribution is 0.601. The average Bonchev–Trinajstić information content (AvgIpc) is 2.03. The summed E-state index contributed by atoms with van der Waals surface area (Å²) in [6, 6.07) is 3.14. The van der Waals surface area contributed by atoms with Crippen molar-refractivity contribution < 1.29 is 8.42 Å². The van der Waals surface area contributed by atoms with E-state index in [1.807, 2.05) is 13.8 Å². The Morgan fingerprint density at radius 2 is 2.00 bits per heavy atom. The van der Waals surface area contributed by atoms with Crippen LogP contribution in [0, 0.1) is 0 Å². The number of pyridine rings is 1. The van der Waals surface area contributed by atoms with Crippen LogP contribution < -0.4 is 0 Å². The fourth-order valence-corrected chi connectivity index (χ4v) is 1.62. The molecular weight excluding hydrogens is 186 g/mol. The molecule has 72 valence electrons. The van der Waals surface area contributed by atoms with Crippen molar-refractivity contribution in [3.05, 3.63) is 24.0 Å². The Morgan fingerprint density at radius 3 is 2.46 bits per heavy atom. The van der Waals surface area contributed by atoms with Gasteiger partial charge in [-0.1, -0.05) is 13.8 Å². The van der Waals surface area contributed by atoms with Crippen LogP contribution in [0.15, 0.2) is 23.2 Å². The Kier molecular flexibility index (Phi) is 2.71. The number of hydrogen-bond acceptors (Lipinski definition) is 3. The summed E-state index contributed by atoms with van der Waals surface area (Å²) in [6.45, 7) is 3.96. The van der Waals surface area contributed by atoms with Gasteiger partial charge < -0.3 is 0 Å². The largest absolute Gasteiger partial charge is 0.261 e. The highest BCUT2D eigenvalue weighted by molar-refractivity contribution is 7.90. The SMILES string of the molecule is CC(C)c1cc(S(C)(=O)=O)ccn1. The van der Waals surface area contributed by atoms with Crippen LogP contribution in [-0.2, 0) is 9.84 Å². The third-order valence-corrected chi connectivity index (χ3v) is 2.88. The minimum absolute atomic E-state index is 0.252. The molecule has 0 aliphatic carbocycles. The second-order valence-electron chi connectivity index (χ2n) is 3.34. The van der Waals surface area contributed by atoms with E-state index in [1.54, 1.807) is 6.07 Å². The molecule has 0 saturated heterocycles. The van der Waals surface area contributed by atoms with E-state index >= 15 is 0 Å². The Hall–Kier alpha value is -0.900. The Labute approximate surface area is 78.7 Å². The Bertz CT molecular complexity index is 396. The van der Waals surface area contributed by atoms with Crippen molar-refractivity contribution >= 4 is 9.84 Å². The minimum Gasteiger partial charge on any atom is -0.261 e. The van der Waals surface area contributed by atoms with Gasteiger partial charge in [0.1, 0.15) is 0 Å². The van der Waals surface area contributed by atoms with Crippen molar-refractivity contribution in [2.75, 3.05) is 6.26 Å². The first-order valence-corrected chi connectivity index (χ1v) is 5.96. The van der Waals surface area contributed by atoms with Gasteiger partial charge in [-0.3, -0.25) is 4.98 Å². The maximum Gasteiger partial charge on any atom is 0.175 e. The fraction of sp³-hybridized carbons (Fsp3) is 0.444. The van der Waals surface area contributed by atoms with Crippen molar-refractivity contribution in [1.29, 1.82) is 0 Å². The lowest BCUT2D eigenvalue weighted by Crippen LogP contribution is -2.00. The maximum atomic E-state index is 11.2. The van der Waals surface area contributed by atoms with E-state index in [9.17, 15) is 8.42 Å². The van der Waals surface area contributed by atoms with Gasteiger partial charge in [-0.05, 0) is 18.1 Å². The zero-order valence-electron chi connectivity index (χ0n) is 7.98. The minimum atomic E-state index is -3.10. The smallest absolute Gasteiger partial charge is 0.175 e. The third-order valence-electron chi connectivity index (χ3n) is 1.77. The lowest BCUT2D eigenvalue weighted by atomic mass is 10.1. The van der Waals surface area contributed by atoms with Crippen molar-refractivity contribution in [2.24, 2.45) is 0 Å². The molecule has 4 heteroatoms. The summed E-state index contributed by atoms with van der Waals surface area (Å²) in [6.07, 6.45) is 2.73. The zero-order chi connectivity index (χ0) is 10.1. The summed E-state index contributed by atoms with van der Waals surface area (Å²) in [4.78, 5) is 4.43. The molecule has 0 bridgehead atoms. The molecule has 0 unspecified atom stereocenters. The molecule has 13 heavy (non-hydrogen) atoms. The van der Waals surface area contributed by atoms with E-state index < -0.39 is 9.84 Å². The van der Waals surface area contributed by atoms with E-state index in [2.05, 4.69) is 4.98 Å². The van der Waals surface area contributed by atoms with Gasteiger partial charge in [0.2, 0.25) is 0 Å². The summed E-state index contributed by atoms with van der Waals surface area (Å²) in [5.74, 6) is 0.252. The summed E-state index contributed by atoms with van der Waals surface area (Å²) >= 11 is 0. The third kappa shape index (κ3) is 2.52. The number of nitrogens with zero attached hydrogens (tertiary/aromatic N) is 1. The average molecular weight is 199 g/mol. The lowest BCUT2D eigenvalue weighted by Gasteiger charge is -2.05. The number of aromatic nitrogens is 1. The fourth-order valence-electron chi connectivity index (χ4n) is 0.974. The molecule has 0 N–H and O–H groups in total. The van der Waals surface area contributed by atoms with Crippen LogP contribution in [0.25, 0.3) is 0 Å². The van der Waals surface area contributed by atoms with Crippen LogP contribution >= 0.6 is 0 Å². The van der Waals surface area contributed by atoms with E-state index in [-0.39, 0.29) is 5.92 Å². The van der Waals surface area contributed by atoms with Gasteiger partial charge in [0, 0.05) is 18.1 Å². The van der Waals surface area contributed by atoms with E-state index in [0.29, 0.717) is 4.90 Å². The number of sulfone groups is 1. The van der Waals surface area contributed by atoms with Gasteiger partial charge in [0.25, 0.3) is 0 Å². The molecule has 3 nitrogen and oxygen atoms in total. The second kappa shape index (κ2) is 3.46. The Balaban J connectivity index is 3.21.